The molecule has 3 heteroatoms. The minimum atomic E-state index is 0.691. The Bertz CT molecular complexity index is 3580. The highest BCUT2D eigenvalue weighted by molar-refractivity contribution is 6.29. The van der Waals surface area contributed by atoms with Crippen molar-refractivity contribution >= 4 is 64.9 Å². The molecule has 0 saturated carbocycles. The van der Waals surface area contributed by atoms with Crippen LogP contribution < -0.4 is 0 Å². The molecule has 0 aliphatic carbocycles. The maximum atomic E-state index is 5.37. The average Bonchev–Trinajstić information content (AvgIpc) is 3.64. The van der Waals surface area contributed by atoms with Gasteiger partial charge >= 0.3 is 0 Å². The molecule has 0 saturated heterocycles. The number of fused-ring (bicyclic) bond motifs is 10. The molecule has 0 fully saturated rings. The zero-order valence-electron chi connectivity index (χ0n) is 33.0. The van der Waals surface area contributed by atoms with Gasteiger partial charge in [-0.2, -0.15) is 0 Å². The van der Waals surface area contributed by atoms with Gasteiger partial charge in [0, 0.05) is 28.0 Å². The van der Waals surface area contributed by atoms with Crippen LogP contribution in [0.3, 0.4) is 0 Å². The average molecular weight is 764 g/mol. The van der Waals surface area contributed by atoms with E-state index in [1.165, 1.54) is 81.7 Å². The predicted octanol–water partition coefficient (Wildman–Crippen LogP) is 15.2. The molecule has 0 N–H and O–H groups in total. The van der Waals surface area contributed by atoms with Gasteiger partial charge in [0.2, 0.25) is 0 Å². The Balaban J connectivity index is 1.19. The zero-order chi connectivity index (χ0) is 39.7. The van der Waals surface area contributed by atoms with Gasteiger partial charge in [-0.25, -0.2) is 9.97 Å². The summed E-state index contributed by atoms with van der Waals surface area (Å²) in [6.45, 7) is 2.14. The summed E-state index contributed by atoms with van der Waals surface area (Å²) in [6, 6.07) is 74.7. The van der Waals surface area contributed by atoms with Crippen LogP contribution in [0, 0.1) is 6.92 Å². The zero-order valence-corrected chi connectivity index (χ0v) is 33.0. The van der Waals surface area contributed by atoms with E-state index in [-0.39, 0.29) is 0 Å². The van der Waals surface area contributed by atoms with Crippen LogP contribution in [0.25, 0.3) is 116 Å². The van der Waals surface area contributed by atoms with Crippen molar-refractivity contribution in [1.82, 2.24) is 14.5 Å². The number of aromatic nitrogens is 3. The van der Waals surface area contributed by atoms with E-state index in [2.05, 4.69) is 193 Å². The quantitative estimate of drug-likeness (QED) is 0.163. The van der Waals surface area contributed by atoms with E-state index in [1.54, 1.807) is 0 Å². The smallest absolute Gasteiger partial charge is 0.162 e. The van der Waals surface area contributed by atoms with Crippen LogP contribution in [0.2, 0.25) is 0 Å². The molecule has 12 rings (SSSR count). The van der Waals surface area contributed by atoms with Gasteiger partial charge in [-0.05, 0) is 109 Å². The summed E-state index contributed by atoms with van der Waals surface area (Å²) in [6.07, 6.45) is 0. The molecule has 0 aliphatic heterocycles. The molecular formula is C57H37N3. The van der Waals surface area contributed by atoms with Crippen molar-refractivity contribution in [2.24, 2.45) is 0 Å². The molecule has 2 heterocycles. The second kappa shape index (κ2) is 13.6. The number of rotatable bonds is 5. The van der Waals surface area contributed by atoms with Crippen molar-refractivity contribution in [3.05, 3.63) is 212 Å². The fourth-order valence-electron chi connectivity index (χ4n) is 9.21. The summed E-state index contributed by atoms with van der Waals surface area (Å²) >= 11 is 0. The fraction of sp³-hybridized carbons (Fsp3) is 0.0175. The summed E-state index contributed by atoms with van der Waals surface area (Å²) in [5.74, 6) is 1.52. The van der Waals surface area contributed by atoms with E-state index < -0.39 is 0 Å². The van der Waals surface area contributed by atoms with E-state index in [0.717, 1.165) is 33.7 Å². The molecule has 0 bridgehead atoms. The molecule has 10 aromatic carbocycles. The van der Waals surface area contributed by atoms with Crippen molar-refractivity contribution in [2.75, 3.05) is 0 Å². The van der Waals surface area contributed by atoms with Gasteiger partial charge in [0.1, 0.15) is 5.82 Å². The first-order valence-electron chi connectivity index (χ1n) is 20.6. The molecule has 0 unspecified atom stereocenters. The van der Waals surface area contributed by atoms with E-state index in [1.807, 2.05) is 24.3 Å². The van der Waals surface area contributed by atoms with E-state index in [9.17, 15) is 0 Å². The molecule has 0 amide bonds. The van der Waals surface area contributed by atoms with Crippen LogP contribution in [-0.2, 0) is 0 Å². The third-order valence-corrected chi connectivity index (χ3v) is 12.2. The minimum absolute atomic E-state index is 0.691. The summed E-state index contributed by atoms with van der Waals surface area (Å²) < 4.78 is 2.36. The first-order valence-corrected chi connectivity index (χ1v) is 20.6. The largest absolute Gasteiger partial charge is 0.294 e. The van der Waals surface area contributed by atoms with Gasteiger partial charge in [0.05, 0.1) is 16.7 Å². The Morgan fingerprint density at radius 2 is 0.867 bits per heavy atom. The van der Waals surface area contributed by atoms with Crippen LogP contribution in [0.1, 0.15) is 5.56 Å². The molecule has 3 nitrogen and oxygen atoms in total. The standard InChI is InChI=1S/C57H37N3/c1-36-20-22-38(23-21-36)43-27-29-54-51(32-43)52-33-49-48-31-44(42-25-24-37-12-8-9-17-41(37)30-42)26-28-47(48)45-18-10-11-19-46(45)50(49)34-55(52)60(54)56-35-53(39-13-4-2-5-14-39)58-57(59-56)40-15-6-3-7-16-40/h2-35H,1H3. The molecule has 280 valence electrons. The minimum Gasteiger partial charge on any atom is -0.294 e. The van der Waals surface area contributed by atoms with Crippen LogP contribution in [0.4, 0.5) is 0 Å². The lowest BCUT2D eigenvalue weighted by molar-refractivity contribution is 1.05. The van der Waals surface area contributed by atoms with Gasteiger partial charge in [-0.15, -0.1) is 0 Å². The molecule has 0 aliphatic rings. The molecule has 0 radical (unpaired) electrons. The summed E-state index contributed by atoms with van der Waals surface area (Å²) in [7, 11) is 0. The molecule has 12 aromatic rings. The van der Waals surface area contributed by atoms with E-state index in [4.69, 9.17) is 9.97 Å². The number of nitrogens with zero attached hydrogens (tertiary/aromatic N) is 3. The summed E-state index contributed by atoms with van der Waals surface area (Å²) in [5.41, 5.74) is 11.1. The Kier molecular flexibility index (Phi) is 7.76. The van der Waals surface area contributed by atoms with Gasteiger partial charge < -0.3 is 0 Å². The monoisotopic (exact) mass is 763 g/mol. The third kappa shape index (κ3) is 5.59. The van der Waals surface area contributed by atoms with Crippen molar-refractivity contribution in [1.29, 1.82) is 0 Å². The number of aryl methyl sites for hydroxylation is 1. The van der Waals surface area contributed by atoms with Crippen LogP contribution in [0.5, 0.6) is 0 Å². The van der Waals surface area contributed by atoms with Crippen molar-refractivity contribution in [2.45, 2.75) is 6.92 Å². The number of hydrogen-bond donors (Lipinski definition) is 0. The number of hydrogen-bond acceptors (Lipinski definition) is 2. The van der Waals surface area contributed by atoms with Crippen LogP contribution in [0.15, 0.2) is 206 Å². The maximum Gasteiger partial charge on any atom is 0.162 e. The first-order chi connectivity index (χ1) is 29.6. The van der Waals surface area contributed by atoms with Crippen molar-refractivity contribution in [3.63, 3.8) is 0 Å². The van der Waals surface area contributed by atoms with Crippen molar-refractivity contribution in [3.8, 4) is 50.7 Å². The highest BCUT2D eigenvalue weighted by Gasteiger charge is 2.20. The Morgan fingerprint density at radius 1 is 0.317 bits per heavy atom. The predicted molar refractivity (Wildman–Crippen MR) is 253 cm³/mol. The molecular weight excluding hydrogens is 727 g/mol. The highest BCUT2D eigenvalue weighted by atomic mass is 15.1. The van der Waals surface area contributed by atoms with Crippen LogP contribution in [-0.4, -0.2) is 14.5 Å². The lowest BCUT2D eigenvalue weighted by Gasteiger charge is -2.14. The first kappa shape index (κ1) is 34.2. The summed E-state index contributed by atoms with van der Waals surface area (Å²) in [5, 5.41) is 12.3. The molecule has 60 heavy (non-hydrogen) atoms. The Morgan fingerprint density at radius 3 is 1.67 bits per heavy atom. The number of benzene rings is 10. The van der Waals surface area contributed by atoms with Crippen molar-refractivity contribution < 1.29 is 0 Å². The van der Waals surface area contributed by atoms with Gasteiger partial charge in [0.25, 0.3) is 0 Å². The second-order valence-electron chi connectivity index (χ2n) is 15.9. The normalized spacial score (nSPS) is 11.8. The molecule has 2 aromatic heterocycles. The highest BCUT2D eigenvalue weighted by Crippen LogP contribution is 2.43. The van der Waals surface area contributed by atoms with Crippen LogP contribution >= 0.6 is 0 Å². The van der Waals surface area contributed by atoms with Gasteiger partial charge in [-0.3, -0.25) is 4.57 Å². The lowest BCUT2D eigenvalue weighted by Crippen LogP contribution is -2.02. The van der Waals surface area contributed by atoms with Gasteiger partial charge in [-0.1, -0.05) is 169 Å². The maximum absolute atomic E-state index is 5.37. The fourth-order valence-corrected chi connectivity index (χ4v) is 9.21. The molecule has 0 atom stereocenters. The Hall–Kier alpha value is -7.88. The summed E-state index contributed by atoms with van der Waals surface area (Å²) in [4.78, 5) is 10.5. The Labute approximate surface area is 347 Å². The van der Waals surface area contributed by atoms with E-state index >= 15 is 0 Å². The second-order valence-corrected chi connectivity index (χ2v) is 15.9. The molecule has 0 spiro atoms. The van der Waals surface area contributed by atoms with E-state index in [0.29, 0.717) is 5.82 Å². The van der Waals surface area contributed by atoms with Gasteiger partial charge in [0.15, 0.2) is 5.82 Å². The third-order valence-electron chi connectivity index (χ3n) is 12.2. The lowest BCUT2D eigenvalue weighted by atomic mass is 9.90. The topological polar surface area (TPSA) is 30.7 Å². The SMILES string of the molecule is Cc1ccc(-c2ccc3c(c2)c2cc4c5cc(-c6ccc7ccccc7c6)ccc5c5ccccc5c4cc2n3-c2cc(-c3ccccc3)nc(-c3ccccc3)n2)cc1.